The van der Waals surface area contributed by atoms with E-state index < -0.39 is 0 Å². The van der Waals surface area contributed by atoms with Gasteiger partial charge >= 0.3 is 0 Å². The maximum atomic E-state index is 9.20. The maximum Gasteiger partial charge on any atom is 0.122 e. The quantitative estimate of drug-likeness (QED) is 0.728. The zero-order valence-electron chi connectivity index (χ0n) is 10.3. The maximum absolute atomic E-state index is 9.20. The second-order valence-corrected chi connectivity index (χ2v) is 4.58. The molecule has 1 aromatic heterocycles. The van der Waals surface area contributed by atoms with E-state index >= 15 is 0 Å². The Labute approximate surface area is 117 Å². The molecule has 0 amide bonds. The first kappa shape index (κ1) is 13.3. The highest BCUT2D eigenvalue weighted by Gasteiger charge is 2.00. The highest BCUT2D eigenvalue weighted by atomic mass is 32.1. The molecule has 0 bridgehead atoms. The van der Waals surface area contributed by atoms with Crippen LogP contribution in [0.2, 0.25) is 0 Å². The summed E-state index contributed by atoms with van der Waals surface area (Å²) in [4.78, 5) is 4.37. The molecule has 0 unspecified atom stereocenters. The van der Waals surface area contributed by atoms with E-state index in [9.17, 15) is 5.11 Å². The van der Waals surface area contributed by atoms with Crippen LogP contribution in [-0.2, 0) is 6.42 Å². The fraction of sp³-hybridized carbons (Fsp3) is 0.143. The topological polar surface area (TPSA) is 71.2 Å². The number of aromatic hydroxyl groups is 1. The Balaban J connectivity index is 1.90. The van der Waals surface area contributed by atoms with Crippen LogP contribution in [0.4, 0.5) is 5.69 Å². The number of nitrogens with two attached hydrogens (primary N) is 1. The summed E-state index contributed by atoms with van der Waals surface area (Å²) in [5.74, 6) is 0.284. The summed E-state index contributed by atoms with van der Waals surface area (Å²) in [6.45, 7) is 0.783. The van der Waals surface area contributed by atoms with E-state index in [1.165, 1.54) is 0 Å². The zero-order chi connectivity index (χ0) is 13.7. The normalized spacial score (nSPS) is 10.1. The van der Waals surface area contributed by atoms with Gasteiger partial charge in [0.1, 0.15) is 10.7 Å². The smallest absolute Gasteiger partial charge is 0.122 e. The third-order valence-electron chi connectivity index (χ3n) is 2.69. The number of hydrogen-bond acceptors (Lipinski definition) is 4. The molecule has 0 aliphatic carbocycles. The van der Waals surface area contributed by atoms with Gasteiger partial charge in [0.15, 0.2) is 0 Å². The third-order valence-corrected chi connectivity index (χ3v) is 2.90. The summed E-state index contributed by atoms with van der Waals surface area (Å²) in [7, 11) is 0. The summed E-state index contributed by atoms with van der Waals surface area (Å²) in [5.41, 5.74) is 8.25. The SMILES string of the molecule is NC(=S)c1cc(NCCc2ccc(O)cc2)ccn1. The number of rotatable bonds is 5. The van der Waals surface area contributed by atoms with Crippen molar-refractivity contribution in [2.24, 2.45) is 5.73 Å². The van der Waals surface area contributed by atoms with Crippen molar-refractivity contribution >= 4 is 22.9 Å². The number of hydrogen-bond donors (Lipinski definition) is 3. The van der Waals surface area contributed by atoms with Crippen LogP contribution in [-0.4, -0.2) is 21.6 Å². The fourth-order valence-electron chi connectivity index (χ4n) is 1.69. The molecule has 1 aromatic carbocycles. The molecular formula is C14H15N3OS. The molecule has 19 heavy (non-hydrogen) atoms. The van der Waals surface area contributed by atoms with Gasteiger partial charge in [-0.3, -0.25) is 4.98 Å². The lowest BCUT2D eigenvalue weighted by molar-refractivity contribution is 0.475. The molecule has 4 N–H and O–H groups in total. The van der Waals surface area contributed by atoms with Crippen LogP contribution in [0.25, 0.3) is 0 Å². The molecule has 98 valence electrons. The van der Waals surface area contributed by atoms with E-state index in [2.05, 4.69) is 10.3 Å². The molecule has 5 heteroatoms. The molecule has 4 nitrogen and oxygen atoms in total. The van der Waals surface area contributed by atoms with Crippen LogP contribution in [0.5, 0.6) is 5.75 Å². The minimum atomic E-state index is 0.284. The predicted octanol–water partition coefficient (Wildman–Crippen LogP) is 2.08. The van der Waals surface area contributed by atoms with Crippen molar-refractivity contribution in [1.29, 1.82) is 0 Å². The lowest BCUT2D eigenvalue weighted by Gasteiger charge is -2.07. The summed E-state index contributed by atoms with van der Waals surface area (Å²) in [6.07, 6.45) is 2.54. The third kappa shape index (κ3) is 3.93. The first-order valence-electron chi connectivity index (χ1n) is 5.93. The van der Waals surface area contributed by atoms with Crippen molar-refractivity contribution in [2.45, 2.75) is 6.42 Å². The van der Waals surface area contributed by atoms with Crippen LogP contribution in [0, 0.1) is 0 Å². The monoisotopic (exact) mass is 273 g/mol. The summed E-state index contributed by atoms with van der Waals surface area (Å²) >= 11 is 4.89. The summed E-state index contributed by atoms with van der Waals surface area (Å²) < 4.78 is 0. The number of benzene rings is 1. The average Bonchev–Trinajstić information content (AvgIpc) is 2.41. The van der Waals surface area contributed by atoms with E-state index in [1.807, 2.05) is 24.3 Å². The van der Waals surface area contributed by atoms with Crippen molar-refractivity contribution in [2.75, 3.05) is 11.9 Å². The van der Waals surface area contributed by atoms with Gasteiger partial charge in [0.05, 0.1) is 5.69 Å². The highest BCUT2D eigenvalue weighted by Crippen LogP contribution is 2.11. The first-order chi connectivity index (χ1) is 9.15. The molecule has 0 aliphatic heterocycles. The Morgan fingerprint density at radius 3 is 2.68 bits per heavy atom. The molecule has 0 saturated carbocycles. The molecule has 0 fully saturated rings. The minimum absolute atomic E-state index is 0.284. The van der Waals surface area contributed by atoms with Crippen molar-refractivity contribution in [3.05, 3.63) is 53.9 Å². The van der Waals surface area contributed by atoms with E-state index in [0.717, 1.165) is 24.2 Å². The van der Waals surface area contributed by atoms with Gasteiger partial charge in [-0.05, 0) is 36.2 Å². The first-order valence-corrected chi connectivity index (χ1v) is 6.33. The molecule has 0 saturated heterocycles. The molecule has 2 rings (SSSR count). The van der Waals surface area contributed by atoms with E-state index in [1.54, 1.807) is 18.3 Å². The number of pyridine rings is 1. The van der Waals surface area contributed by atoms with Crippen LogP contribution >= 0.6 is 12.2 Å². The van der Waals surface area contributed by atoms with Gasteiger partial charge < -0.3 is 16.2 Å². The zero-order valence-corrected chi connectivity index (χ0v) is 11.2. The van der Waals surface area contributed by atoms with Crippen molar-refractivity contribution in [3.8, 4) is 5.75 Å². The van der Waals surface area contributed by atoms with Gasteiger partial charge in [0, 0.05) is 18.4 Å². The summed E-state index contributed by atoms with van der Waals surface area (Å²) in [5, 5.41) is 12.5. The number of thiocarbonyl (C=S) groups is 1. The van der Waals surface area contributed by atoms with Crippen LogP contribution < -0.4 is 11.1 Å². The van der Waals surface area contributed by atoms with Crippen molar-refractivity contribution < 1.29 is 5.11 Å². The molecule has 2 aromatic rings. The second kappa shape index (κ2) is 6.15. The Hall–Kier alpha value is -2.14. The number of nitrogens with zero attached hydrogens (tertiary/aromatic N) is 1. The molecule has 1 heterocycles. The summed E-state index contributed by atoms with van der Waals surface area (Å²) in [6, 6.07) is 10.9. The van der Waals surface area contributed by atoms with Gasteiger partial charge in [0.25, 0.3) is 0 Å². The fourth-order valence-corrected chi connectivity index (χ4v) is 1.80. The van der Waals surface area contributed by atoms with Crippen LogP contribution in [0.3, 0.4) is 0 Å². The van der Waals surface area contributed by atoms with E-state index in [4.69, 9.17) is 18.0 Å². The van der Waals surface area contributed by atoms with Gasteiger partial charge in [0.2, 0.25) is 0 Å². The Kier molecular flexibility index (Phi) is 4.30. The largest absolute Gasteiger partial charge is 0.508 e. The van der Waals surface area contributed by atoms with Gasteiger partial charge in [-0.25, -0.2) is 0 Å². The number of phenols is 1. The molecule has 0 aliphatic rings. The lowest BCUT2D eigenvalue weighted by Crippen LogP contribution is -2.12. The molecule has 0 spiro atoms. The molecule has 0 radical (unpaired) electrons. The van der Waals surface area contributed by atoms with E-state index in [-0.39, 0.29) is 5.75 Å². The minimum Gasteiger partial charge on any atom is -0.508 e. The average molecular weight is 273 g/mol. The van der Waals surface area contributed by atoms with Gasteiger partial charge in [-0.15, -0.1) is 0 Å². The van der Waals surface area contributed by atoms with Crippen LogP contribution in [0.15, 0.2) is 42.6 Å². The van der Waals surface area contributed by atoms with Gasteiger partial charge in [-0.1, -0.05) is 24.4 Å². The Morgan fingerprint density at radius 2 is 2.00 bits per heavy atom. The second-order valence-electron chi connectivity index (χ2n) is 4.14. The number of phenolic OH excluding ortho intramolecular Hbond substituents is 1. The Morgan fingerprint density at radius 1 is 1.26 bits per heavy atom. The number of anilines is 1. The van der Waals surface area contributed by atoms with Crippen molar-refractivity contribution in [1.82, 2.24) is 4.98 Å². The Bertz CT molecular complexity index is 569. The van der Waals surface area contributed by atoms with E-state index in [0.29, 0.717) is 10.7 Å². The number of nitrogens with one attached hydrogen (secondary N) is 1. The predicted molar refractivity (Wildman–Crippen MR) is 80.4 cm³/mol. The van der Waals surface area contributed by atoms with Crippen molar-refractivity contribution in [3.63, 3.8) is 0 Å². The lowest BCUT2D eigenvalue weighted by atomic mass is 10.1. The molecular weight excluding hydrogens is 258 g/mol. The van der Waals surface area contributed by atoms with Crippen LogP contribution in [0.1, 0.15) is 11.3 Å². The number of aromatic nitrogens is 1. The molecule has 0 atom stereocenters. The van der Waals surface area contributed by atoms with Gasteiger partial charge in [-0.2, -0.15) is 0 Å². The standard InChI is InChI=1S/C14H15N3OS/c15-14(19)13-9-11(6-8-17-13)16-7-5-10-1-3-12(18)4-2-10/h1-4,6,8-9,18H,5,7H2,(H2,15,19)(H,16,17). The highest BCUT2D eigenvalue weighted by molar-refractivity contribution is 7.80.